The second kappa shape index (κ2) is 5.24. The van der Waals surface area contributed by atoms with Crippen molar-refractivity contribution in [3.63, 3.8) is 0 Å². The standard InChI is InChI=1S/C16H16ClNO/c1-18-10-12-8-11-9-13(17)6-7-15(11)19-16-5-3-2-4-14(12)16/h2-7,9,12,18H,8,10H2,1H3/t12-/m0/s1. The fourth-order valence-corrected chi connectivity index (χ4v) is 2.83. The van der Waals surface area contributed by atoms with Crippen LogP contribution in [0.2, 0.25) is 5.02 Å². The molecule has 0 radical (unpaired) electrons. The first-order valence-electron chi connectivity index (χ1n) is 6.47. The maximum absolute atomic E-state index is 6.09. The van der Waals surface area contributed by atoms with Gasteiger partial charge in [0.05, 0.1) is 0 Å². The molecule has 3 rings (SSSR count). The minimum Gasteiger partial charge on any atom is -0.457 e. The van der Waals surface area contributed by atoms with E-state index >= 15 is 0 Å². The number of rotatable bonds is 2. The number of fused-ring (bicyclic) bond motifs is 2. The summed E-state index contributed by atoms with van der Waals surface area (Å²) in [6.07, 6.45) is 0.938. The number of para-hydroxylation sites is 1. The second-order valence-electron chi connectivity index (χ2n) is 4.85. The Bertz CT molecular complexity index is 597. The van der Waals surface area contributed by atoms with Crippen LogP contribution in [0.5, 0.6) is 11.5 Å². The number of hydrogen-bond donors (Lipinski definition) is 1. The van der Waals surface area contributed by atoms with Gasteiger partial charge in [0.1, 0.15) is 11.5 Å². The van der Waals surface area contributed by atoms with Crippen molar-refractivity contribution in [2.24, 2.45) is 0 Å². The second-order valence-corrected chi connectivity index (χ2v) is 5.29. The molecule has 3 heteroatoms. The minimum absolute atomic E-state index is 0.404. The van der Waals surface area contributed by atoms with Gasteiger partial charge < -0.3 is 10.1 Å². The number of likely N-dealkylation sites (N-methyl/N-ethyl adjacent to an activating group) is 1. The van der Waals surface area contributed by atoms with Crippen LogP contribution < -0.4 is 10.1 Å². The summed E-state index contributed by atoms with van der Waals surface area (Å²) in [5, 5.41) is 4.02. The highest BCUT2D eigenvalue weighted by molar-refractivity contribution is 6.30. The summed E-state index contributed by atoms with van der Waals surface area (Å²) in [6, 6.07) is 14.1. The molecule has 0 saturated heterocycles. The molecule has 98 valence electrons. The third kappa shape index (κ3) is 2.46. The molecule has 0 aromatic heterocycles. The molecule has 0 bridgehead atoms. The van der Waals surface area contributed by atoms with Crippen LogP contribution in [0, 0.1) is 0 Å². The van der Waals surface area contributed by atoms with E-state index in [2.05, 4.69) is 17.4 Å². The lowest BCUT2D eigenvalue weighted by Gasteiger charge is -2.15. The SMILES string of the molecule is CNC[C@@H]1Cc2cc(Cl)ccc2Oc2ccccc21. The molecular weight excluding hydrogens is 258 g/mol. The van der Waals surface area contributed by atoms with Crippen LogP contribution in [0.25, 0.3) is 0 Å². The Hall–Kier alpha value is -1.51. The minimum atomic E-state index is 0.404. The maximum Gasteiger partial charge on any atom is 0.130 e. The molecule has 19 heavy (non-hydrogen) atoms. The monoisotopic (exact) mass is 273 g/mol. The summed E-state index contributed by atoms with van der Waals surface area (Å²) < 4.78 is 6.05. The zero-order valence-corrected chi connectivity index (χ0v) is 11.6. The van der Waals surface area contributed by atoms with Crippen molar-refractivity contribution in [2.75, 3.05) is 13.6 Å². The van der Waals surface area contributed by atoms with E-state index in [1.807, 2.05) is 37.4 Å². The Morgan fingerprint density at radius 3 is 2.89 bits per heavy atom. The van der Waals surface area contributed by atoms with Crippen LogP contribution in [0.4, 0.5) is 0 Å². The smallest absolute Gasteiger partial charge is 0.130 e. The van der Waals surface area contributed by atoms with Crippen molar-refractivity contribution in [1.29, 1.82) is 0 Å². The van der Waals surface area contributed by atoms with Crippen LogP contribution >= 0.6 is 11.6 Å². The third-order valence-electron chi connectivity index (χ3n) is 3.52. The van der Waals surface area contributed by atoms with E-state index in [1.165, 1.54) is 11.1 Å². The Morgan fingerprint density at radius 2 is 2.05 bits per heavy atom. The molecule has 1 aliphatic heterocycles. The van der Waals surface area contributed by atoms with Gasteiger partial charge in [0.2, 0.25) is 0 Å². The topological polar surface area (TPSA) is 21.3 Å². The predicted molar refractivity (Wildman–Crippen MR) is 78.3 cm³/mol. The summed E-state index contributed by atoms with van der Waals surface area (Å²) in [5.41, 5.74) is 2.42. The van der Waals surface area contributed by atoms with Crippen molar-refractivity contribution < 1.29 is 4.74 Å². The molecule has 0 saturated carbocycles. The lowest BCUT2D eigenvalue weighted by atomic mass is 9.92. The largest absolute Gasteiger partial charge is 0.457 e. The van der Waals surface area contributed by atoms with E-state index in [0.29, 0.717) is 5.92 Å². The lowest BCUT2D eigenvalue weighted by molar-refractivity contribution is 0.477. The summed E-state index contributed by atoms with van der Waals surface area (Å²) in [5.74, 6) is 2.26. The van der Waals surface area contributed by atoms with Crippen molar-refractivity contribution in [3.05, 3.63) is 58.6 Å². The van der Waals surface area contributed by atoms with Crippen molar-refractivity contribution >= 4 is 11.6 Å². The number of hydrogen-bond acceptors (Lipinski definition) is 2. The highest BCUT2D eigenvalue weighted by atomic mass is 35.5. The molecule has 1 N–H and O–H groups in total. The molecule has 0 amide bonds. The van der Waals surface area contributed by atoms with Crippen molar-refractivity contribution in [1.82, 2.24) is 5.32 Å². The highest BCUT2D eigenvalue weighted by Crippen LogP contribution is 2.39. The van der Waals surface area contributed by atoms with Gasteiger partial charge in [0, 0.05) is 17.5 Å². The van der Waals surface area contributed by atoms with Gasteiger partial charge in [-0.1, -0.05) is 29.8 Å². The Labute approximate surface area is 118 Å². The van der Waals surface area contributed by atoms with Gasteiger partial charge in [0.15, 0.2) is 0 Å². The summed E-state index contributed by atoms with van der Waals surface area (Å²) in [6.45, 7) is 0.923. The van der Waals surface area contributed by atoms with E-state index in [-0.39, 0.29) is 0 Å². The van der Waals surface area contributed by atoms with Gasteiger partial charge in [-0.25, -0.2) is 0 Å². The molecular formula is C16H16ClNO. The molecule has 0 spiro atoms. The van der Waals surface area contributed by atoms with E-state index in [4.69, 9.17) is 16.3 Å². The Morgan fingerprint density at radius 1 is 1.21 bits per heavy atom. The van der Waals surface area contributed by atoms with Crippen molar-refractivity contribution in [3.8, 4) is 11.5 Å². The van der Waals surface area contributed by atoms with Gasteiger partial charge in [-0.05, 0) is 48.9 Å². The predicted octanol–water partition coefficient (Wildman–Crippen LogP) is 3.99. The third-order valence-corrected chi connectivity index (χ3v) is 3.75. The Balaban J connectivity index is 2.09. The molecule has 0 fully saturated rings. The van der Waals surface area contributed by atoms with E-state index in [0.717, 1.165) is 29.5 Å². The van der Waals surface area contributed by atoms with Gasteiger partial charge in [0.25, 0.3) is 0 Å². The zero-order chi connectivity index (χ0) is 13.2. The number of halogens is 1. The quantitative estimate of drug-likeness (QED) is 0.893. The van der Waals surface area contributed by atoms with E-state index < -0.39 is 0 Å². The number of ether oxygens (including phenoxy) is 1. The number of nitrogens with one attached hydrogen (secondary N) is 1. The average molecular weight is 274 g/mol. The van der Waals surface area contributed by atoms with E-state index in [9.17, 15) is 0 Å². The summed E-state index contributed by atoms with van der Waals surface area (Å²) in [4.78, 5) is 0. The number of benzene rings is 2. The fraction of sp³-hybridized carbons (Fsp3) is 0.250. The molecule has 2 aromatic rings. The normalized spacial score (nSPS) is 17.1. The first-order valence-corrected chi connectivity index (χ1v) is 6.85. The molecule has 0 unspecified atom stereocenters. The van der Waals surface area contributed by atoms with Gasteiger partial charge in [-0.15, -0.1) is 0 Å². The summed E-state index contributed by atoms with van der Waals surface area (Å²) >= 11 is 6.09. The van der Waals surface area contributed by atoms with Crippen LogP contribution in [0.15, 0.2) is 42.5 Å². The Kier molecular flexibility index (Phi) is 3.45. The first kappa shape index (κ1) is 12.5. The van der Waals surface area contributed by atoms with Gasteiger partial charge in [-0.2, -0.15) is 0 Å². The van der Waals surface area contributed by atoms with Gasteiger partial charge >= 0.3 is 0 Å². The van der Waals surface area contributed by atoms with Crippen LogP contribution in [0.3, 0.4) is 0 Å². The molecule has 2 aromatic carbocycles. The molecule has 1 heterocycles. The lowest BCUT2D eigenvalue weighted by Crippen LogP contribution is -2.18. The van der Waals surface area contributed by atoms with E-state index in [1.54, 1.807) is 0 Å². The molecule has 0 aliphatic carbocycles. The molecule has 1 aliphatic rings. The van der Waals surface area contributed by atoms with Gasteiger partial charge in [-0.3, -0.25) is 0 Å². The summed E-state index contributed by atoms with van der Waals surface area (Å²) in [7, 11) is 1.98. The molecule has 2 nitrogen and oxygen atoms in total. The first-order chi connectivity index (χ1) is 9.28. The molecule has 1 atom stereocenters. The van der Waals surface area contributed by atoms with Crippen molar-refractivity contribution in [2.45, 2.75) is 12.3 Å². The average Bonchev–Trinajstić information content (AvgIpc) is 2.56. The highest BCUT2D eigenvalue weighted by Gasteiger charge is 2.22. The zero-order valence-electron chi connectivity index (χ0n) is 10.8. The van der Waals surface area contributed by atoms with Crippen LogP contribution in [0.1, 0.15) is 17.0 Å². The maximum atomic E-state index is 6.09. The fourth-order valence-electron chi connectivity index (χ4n) is 2.64. The van der Waals surface area contributed by atoms with Crippen LogP contribution in [-0.2, 0) is 6.42 Å². The van der Waals surface area contributed by atoms with Crippen LogP contribution in [-0.4, -0.2) is 13.6 Å².